The van der Waals surface area contributed by atoms with Crippen LogP contribution in [0.1, 0.15) is 24.6 Å². The zero-order chi connectivity index (χ0) is 19.6. The molecule has 1 amide bonds. The molecule has 3 rings (SSSR count). The van der Waals surface area contributed by atoms with Crippen molar-refractivity contribution < 1.29 is 14.7 Å². The minimum atomic E-state index is -1.52. The lowest BCUT2D eigenvalue weighted by atomic mass is 9.87. The number of aromatic nitrogens is 2. The number of fused-ring (bicyclic) bond motifs is 1. The van der Waals surface area contributed by atoms with E-state index in [2.05, 4.69) is 10.4 Å². The number of hydrogen-bond acceptors (Lipinski definition) is 3. The Kier molecular flexibility index (Phi) is 5.19. The third kappa shape index (κ3) is 3.53. The Morgan fingerprint density at radius 1 is 1.19 bits per heavy atom. The molecule has 0 saturated heterocycles. The summed E-state index contributed by atoms with van der Waals surface area (Å²) in [6, 6.07) is 14.1. The highest BCUT2D eigenvalue weighted by Gasteiger charge is 2.40. The SMILES string of the molecule is CCC(NC(=O)Cc1nn(C)c2ccccc12)(C(=O)O)c1ccc(Cl)cc1. The Morgan fingerprint density at radius 2 is 1.85 bits per heavy atom. The molecule has 1 aromatic heterocycles. The van der Waals surface area contributed by atoms with Gasteiger partial charge in [0.2, 0.25) is 5.91 Å². The van der Waals surface area contributed by atoms with Gasteiger partial charge in [-0.05, 0) is 30.2 Å². The quantitative estimate of drug-likeness (QED) is 0.682. The number of rotatable bonds is 6. The van der Waals surface area contributed by atoms with Gasteiger partial charge in [0, 0.05) is 17.5 Å². The largest absolute Gasteiger partial charge is 0.479 e. The fourth-order valence-electron chi connectivity index (χ4n) is 3.28. The third-order valence-electron chi connectivity index (χ3n) is 4.75. The number of para-hydroxylation sites is 1. The Hall–Kier alpha value is -2.86. The second kappa shape index (κ2) is 7.40. The Bertz CT molecular complexity index is 997. The van der Waals surface area contributed by atoms with Gasteiger partial charge >= 0.3 is 5.97 Å². The number of amides is 1. The van der Waals surface area contributed by atoms with Gasteiger partial charge in [0.05, 0.1) is 17.6 Å². The van der Waals surface area contributed by atoms with E-state index in [1.165, 1.54) is 0 Å². The fourth-order valence-corrected chi connectivity index (χ4v) is 3.41. The minimum absolute atomic E-state index is 0.00995. The highest BCUT2D eigenvalue weighted by atomic mass is 35.5. The number of benzene rings is 2. The summed E-state index contributed by atoms with van der Waals surface area (Å²) in [6.07, 6.45) is 0.183. The Balaban J connectivity index is 1.90. The predicted octanol–water partition coefficient (Wildman–Crippen LogP) is 3.28. The number of carboxylic acids is 1. The van der Waals surface area contributed by atoms with Gasteiger partial charge in [0.1, 0.15) is 0 Å². The van der Waals surface area contributed by atoms with Crippen LogP contribution in [-0.2, 0) is 28.6 Å². The van der Waals surface area contributed by atoms with Crippen molar-refractivity contribution in [2.24, 2.45) is 7.05 Å². The van der Waals surface area contributed by atoms with Gasteiger partial charge in [-0.3, -0.25) is 9.48 Å². The first-order valence-corrected chi connectivity index (χ1v) is 8.96. The van der Waals surface area contributed by atoms with E-state index in [-0.39, 0.29) is 12.8 Å². The van der Waals surface area contributed by atoms with Crippen molar-refractivity contribution in [3.8, 4) is 0 Å². The van der Waals surface area contributed by atoms with Crippen LogP contribution >= 0.6 is 11.6 Å². The normalized spacial score (nSPS) is 13.3. The molecule has 0 fully saturated rings. The number of carboxylic acid groups (broad SMARTS) is 1. The summed E-state index contributed by atoms with van der Waals surface area (Å²) in [6.45, 7) is 1.72. The van der Waals surface area contributed by atoms with Crippen molar-refractivity contribution in [2.75, 3.05) is 0 Å². The summed E-state index contributed by atoms with van der Waals surface area (Å²) in [5.74, 6) is -1.52. The third-order valence-corrected chi connectivity index (χ3v) is 5.00. The van der Waals surface area contributed by atoms with E-state index in [0.717, 1.165) is 10.9 Å². The molecule has 0 bridgehead atoms. The molecule has 0 spiro atoms. The van der Waals surface area contributed by atoms with Gasteiger partial charge < -0.3 is 10.4 Å². The molecule has 7 heteroatoms. The maximum absolute atomic E-state index is 12.7. The summed E-state index contributed by atoms with van der Waals surface area (Å²) in [4.78, 5) is 24.8. The summed E-state index contributed by atoms with van der Waals surface area (Å²) in [5, 5.41) is 18.4. The molecule has 0 aliphatic heterocycles. The zero-order valence-corrected chi connectivity index (χ0v) is 15.8. The van der Waals surface area contributed by atoms with Crippen LogP contribution in [0.3, 0.4) is 0 Å². The van der Waals surface area contributed by atoms with Gasteiger partial charge in [0.25, 0.3) is 0 Å². The van der Waals surface area contributed by atoms with Crippen LogP contribution in [0.4, 0.5) is 0 Å². The molecule has 0 radical (unpaired) electrons. The average molecular weight is 386 g/mol. The first-order chi connectivity index (χ1) is 12.9. The molecule has 0 aliphatic carbocycles. The predicted molar refractivity (Wildman–Crippen MR) is 104 cm³/mol. The molecule has 2 N–H and O–H groups in total. The first kappa shape index (κ1) is 18.9. The molecule has 1 atom stereocenters. The van der Waals surface area contributed by atoms with Crippen LogP contribution in [0.2, 0.25) is 5.02 Å². The molecule has 0 saturated carbocycles. The highest BCUT2D eigenvalue weighted by molar-refractivity contribution is 6.30. The molecule has 140 valence electrons. The van der Waals surface area contributed by atoms with Crippen molar-refractivity contribution in [1.82, 2.24) is 15.1 Å². The molecular formula is C20H20ClN3O3. The summed E-state index contributed by atoms with van der Waals surface area (Å²) in [5.41, 5.74) is 0.475. The molecule has 0 aliphatic rings. The monoisotopic (exact) mass is 385 g/mol. The number of aliphatic carboxylic acids is 1. The Morgan fingerprint density at radius 3 is 2.48 bits per heavy atom. The van der Waals surface area contributed by atoms with E-state index in [1.807, 2.05) is 31.3 Å². The number of carbonyl (C=O) groups is 2. The van der Waals surface area contributed by atoms with Gasteiger partial charge in [0.15, 0.2) is 5.54 Å². The topological polar surface area (TPSA) is 84.2 Å². The number of nitrogens with one attached hydrogen (secondary N) is 1. The van der Waals surface area contributed by atoms with Crippen LogP contribution in [-0.4, -0.2) is 26.8 Å². The van der Waals surface area contributed by atoms with Gasteiger partial charge in [-0.2, -0.15) is 5.10 Å². The van der Waals surface area contributed by atoms with Crippen LogP contribution < -0.4 is 5.32 Å². The molecule has 27 heavy (non-hydrogen) atoms. The number of aryl methyl sites for hydroxylation is 1. The maximum atomic E-state index is 12.7. The van der Waals surface area contributed by atoms with Crippen LogP contribution in [0.5, 0.6) is 0 Å². The lowest BCUT2D eigenvalue weighted by Gasteiger charge is -2.30. The molecule has 1 heterocycles. The van der Waals surface area contributed by atoms with Crippen molar-refractivity contribution in [3.05, 3.63) is 64.8 Å². The standard InChI is InChI=1S/C20H20ClN3O3/c1-3-20(19(26)27,13-8-10-14(21)11-9-13)22-18(25)12-16-15-6-4-5-7-17(15)24(2)23-16/h4-11H,3,12H2,1-2H3,(H,22,25)(H,26,27). The second-order valence-corrected chi connectivity index (χ2v) is 6.82. The zero-order valence-electron chi connectivity index (χ0n) is 15.1. The van der Waals surface area contributed by atoms with Crippen LogP contribution in [0.25, 0.3) is 10.9 Å². The lowest BCUT2D eigenvalue weighted by molar-refractivity contribution is -0.148. The summed E-state index contributed by atoms with van der Waals surface area (Å²) in [7, 11) is 1.81. The van der Waals surface area contributed by atoms with E-state index >= 15 is 0 Å². The van der Waals surface area contributed by atoms with E-state index in [1.54, 1.807) is 35.9 Å². The van der Waals surface area contributed by atoms with E-state index in [0.29, 0.717) is 16.3 Å². The molecule has 1 unspecified atom stereocenters. The Labute approximate surface area is 161 Å². The lowest BCUT2D eigenvalue weighted by Crippen LogP contribution is -2.52. The minimum Gasteiger partial charge on any atom is -0.479 e. The average Bonchev–Trinajstić information content (AvgIpc) is 2.96. The number of halogens is 1. The second-order valence-electron chi connectivity index (χ2n) is 6.38. The van der Waals surface area contributed by atoms with Crippen LogP contribution in [0, 0.1) is 0 Å². The van der Waals surface area contributed by atoms with Crippen molar-refractivity contribution in [1.29, 1.82) is 0 Å². The van der Waals surface area contributed by atoms with E-state index in [9.17, 15) is 14.7 Å². The number of hydrogen-bond donors (Lipinski definition) is 2. The van der Waals surface area contributed by atoms with E-state index < -0.39 is 17.4 Å². The molecule has 2 aromatic carbocycles. The van der Waals surface area contributed by atoms with Crippen molar-refractivity contribution >= 4 is 34.4 Å². The summed E-state index contributed by atoms with van der Waals surface area (Å²) >= 11 is 5.91. The van der Waals surface area contributed by atoms with Gasteiger partial charge in [-0.25, -0.2) is 4.79 Å². The molecule has 3 aromatic rings. The molecular weight excluding hydrogens is 366 g/mol. The van der Waals surface area contributed by atoms with Crippen molar-refractivity contribution in [3.63, 3.8) is 0 Å². The first-order valence-electron chi connectivity index (χ1n) is 8.58. The van der Waals surface area contributed by atoms with E-state index in [4.69, 9.17) is 11.6 Å². The number of carbonyl (C=O) groups excluding carboxylic acids is 1. The highest BCUT2D eigenvalue weighted by Crippen LogP contribution is 2.27. The van der Waals surface area contributed by atoms with Crippen LogP contribution in [0.15, 0.2) is 48.5 Å². The van der Waals surface area contributed by atoms with Gasteiger partial charge in [-0.1, -0.05) is 48.9 Å². The number of nitrogens with zero attached hydrogens (tertiary/aromatic N) is 2. The van der Waals surface area contributed by atoms with Gasteiger partial charge in [-0.15, -0.1) is 0 Å². The smallest absolute Gasteiger partial charge is 0.334 e. The molecule has 6 nitrogen and oxygen atoms in total. The fraction of sp³-hybridized carbons (Fsp3) is 0.250. The maximum Gasteiger partial charge on any atom is 0.334 e. The van der Waals surface area contributed by atoms with Crippen molar-refractivity contribution in [2.45, 2.75) is 25.3 Å². The summed E-state index contributed by atoms with van der Waals surface area (Å²) < 4.78 is 1.71.